The molecule has 1 N–H and O–H groups in total. The second-order valence-electron chi connectivity index (χ2n) is 6.19. The van der Waals surface area contributed by atoms with Gasteiger partial charge in [-0.05, 0) is 32.8 Å². The number of carbonyl (C=O) groups excluding carboxylic acids is 1. The fourth-order valence-corrected chi connectivity index (χ4v) is 2.42. The van der Waals surface area contributed by atoms with Crippen molar-refractivity contribution >= 4 is 6.03 Å². The van der Waals surface area contributed by atoms with Crippen LogP contribution in [0.5, 0.6) is 0 Å². The molecule has 2 aromatic heterocycles. The third-order valence-corrected chi connectivity index (χ3v) is 3.61. The molecule has 0 saturated carbocycles. The predicted molar refractivity (Wildman–Crippen MR) is 87.0 cm³/mol. The van der Waals surface area contributed by atoms with Gasteiger partial charge >= 0.3 is 6.03 Å². The summed E-state index contributed by atoms with van der Waals surface area (Å²) in [4.78, 5) is 13.7. The first kappa shape index (κ1) is 17.1. The molecule has 2 amide bonds. The van der Waals surface area contributed by atoms with Gasteiger partial charge in [0, 0.05) is 31.9 Å². The minimum Gasteiger partial charge on any atom is -0.361 e. The number of aromatic nitrogens is 3. The average molecular weight is 319 g/mol. The van der Waals surface area contributed by atoms with Crippen LogP contribution in [0.3, 0.4) is 0 Å². The summed E-state index contributed by atoms with van der Waals surface area (Å²) in [6.07, 6.45) is 0. The molecule has 0 spiro atoms. The maximum Gasteiger partial charge on any atom is 0.317 e. The van der Waals surface area contributed by atoms with Gasteiger partial charge < -0.3 is 14.7 Å². The van der Waals surface area contributed by atoms with E-state index in [9.17, 15) is 4.79 Å². The molecule has 23 heavy (non-hydrogen) atoms. The van der Waals surface area contributed by atoms with Crippen molar-refractivity contribution in [2.45, 2.75) is 40.8 Å². The van der Waals surface area contributed by atoms with Crippen LogP contribution in [0.25, 0.3) is 0 Å². The lowest BCUT2D eigenvalue weighted by atomic mass is 10.2. The minimum atomic E-state index is -0.120. The summed E-state index contributed by atoms with van der Waals surface area (Å²) in [5, 5.41) is 11.3. The number of urea groups is 1. The Kier molecular flexibility index (Phi) is 5.41. The van der Waals surface area contributed by atoms with E-state index in [2.05, 4.69) is 28.6 Å². The molecule has 2 heterocycles. The van der Waals surface area contributed by atoms with Crippen LogP contribution < -0.4 is 5.32 Å². The zero-order valence-electron chi connectivity index (χ0n) is 14.5. The quantitative estimate of drug-likeness (QED) is 0.886. The molecule has 1 atom stereocenters. The van der Waals surface area contributed by atoms with E-state index < -0.39 is 0 Å². The molecule has 0 aliphatic rings. The summed E-state index contributed by atoms with van der Waals surface area (Å²) in [5.74, 6) is 1.03. The Hall–Kier alpha value is -2.31. The van der Waals surface area contributed by atoms with E-state index in [0.717, 1.165) is 29.4 Å². The van der Waals surface area contributed by atoms with Crippen LogP contribution in [0.2, 0.25) is 0 Å². The second-order valence-corrected chi connectivity index (χ2v) is 6.19. The molecule has 2 rings (SSSR count). The van der Waals surface area contributed by atoms with Gasteiger partial charge in [0.1, 0.15) is 11.5 Å². The molecular weight excluding hydrogens is 294 g/mol. The maximum absolute atomic E-state index is 12.1. The molecule has 0 saturated heterocycles. The van der Waals surface area contributed by atoms with Crippen LogP contribution in [0, 0.1) is 26.7 Å². The highest BCUT2D eigenvalue weighted by atomic mass is 16.5. The van der Waals surface area contributed by atoms with Crippen molar-refractivity contribution in [1.82, 2.24) is 25.2 Å². The van der Waals surface area contributed by atoms with E-state index in [1.54, 1.807) is 11.9 Å². The molecule has 7 nitrogen and oxygen atoms in total. The fourth-order valence-electron chi connectivity index (χ4n) is 2.42. The largest absolute Gasteiger partial charge is 0.361 e. The van der Waals surface area contributed by atoms with E-state index >= 15 is 0 Å². The lowest BCUT2D eigenvalue weighted by molar-refractivity contribution is 0.203. The Morgan fingerprint density at radius 1 is 1.39 bits per heavy atom. The smallest absolute Gasteiger partial charge is 0.317 e. The van der Waals surface area contributed by atoms with Crippen LogP contribution in [-0.2, 0) is 13.1 Å². The molecular formula is C16H25N5O2. The van der Waals surface area contributed by atoms with Crippen molar-refractivity contribution < 1.29 is 9.32 Å². The fraction of sp³-hybridized carbons (Fsp3) is 0.562. The molecule has 0 unspecified atom stereocenters. The van der Waals surface area contributed by atoms with Crippen LogP contribution in [0.1, 0.15) is 29.8 Å². The van der Waals surface area contributed by atoms with Gasteiger partial charge in [0.2, 0.25) is 0 Å². The summed E-state index contributed by atoms with van der Waals surface area (Å²) in [7, 11) is 1.74. The number of hydrogen-bond donors (Lipinski definition) is 1. The van der Waals surface area contributed by atoms with Crippen molar-refractivity contribution in [3.8, 4) is 0 Å². The monoisotopic (exact) mass is 319 g/mol. The van der Waals surface area contributed by atoms with Gasteiger partial charge in [-0.25, -0.2) is 4.79 Å². The molecule has 0 fully saturated rings. The molecule has 0 aliphatic carbocycles. The highest BCUT2D eigenvalue weighted by Crippen LogP contribution is 2.07. The van der Waals surface area contributed by atoms with Crippen molar-refractivity contribution in [1.29, 1.82) is 0 Å². The molecule has 0 aliphatic heterocycles. The Morgan fingerprint density at radius 2 is 2.13 bits per heavy atom. The lowest BCUT2D eigenvalue weighted by Crippen LogP contribution is -2.39. The third kappa shape index (κ3) is 4.84. The normalized spacial score (nSPS) is 12.2. The number of aryl methyl sites for hydroxylation is 3. The Labute approximate surface area is 136 Å². The van der Waals surface area contributed by atoms with Crippen molar-refractivity contribution in [2.75, 3.05) is 13.6 Å². The van der Waals surface area contributed by atoms with E-state index in [-0.39, 0.29) is 6.03 Å². The van der Waals surface area contributed by atoms with Gasteiger partial charge in [-0.2, -0.15) is 5.10 Å². The van der Waals surface area contributed by atoms with Crippen LogP contribution in [0.4, 0.5) is 4.79 Å². The van der Waals surface area contributed by atoms with E-state index in [1.165, 1.54) is 0 Å². The Morgan fingerprint density at radius 3 is 2.70 bits per heavy atom. The zero-order chi connectivity index (χ0) is 17.0. The van der Waals surface area contributed by atoms with Crippen molar-refractivity contribution in [2.24, 2.45) is 5.92 Å². The van der Waals surface area contributed by atoms with Crippen LogP contribution in [0.15, 0.2) is 16.7 Å². The summed E-state index contributed by atoms with van der Waals surface area (Å²) in [6.45, 7) is 9.75. The number of hydrogen-bond acceptors (Lipinski definition) is 4. The second kappa shape index (κ2) is 7.30. The van der Waals surface area contributed by atoms with Crippen LogP contribution >= 0.6 is 0 Å². The van der Waals surface area contributed by atoms with Crippen molar-refractivity contribution in [3.05, 3.63) is 35.0 Å². The van der Waals surface area contributed by atoms with Crippen LogP contribution in [-0.4, -0.2) is 39.5 Å². The third-order valence-electron chi connectivity index (χ3n) is 3.61. The van der Waals surface area contributed by atoms with Gasteiger partial charge in [-0.15, -0.1) is 0 Å². The molecule has 126 valence electrons. The van der Waals surface area contributed by atoms with Gasteiger partial charge in [-0.1, -0.05) is 12.1 Å². The molecule has 0 bridgehead atoms. The number of amides is 2. The first-order valence-electron chi connectivity index (χ1n) is 7.77. The Balaban J connectivity index is 1.77. The van der Waals surface area contributed by atoms with E-state index in [0.29, 0.717) is 19.0 Å². The van der Waals surface area contributed by atoms with E-state index in [4.69, 9.17) is 4.52 Å². The van der Waals surface area contributed by atoms with Gasteiger partial charge in [-0.3, -0.25) is 4.68 Å². The van der Waals surface area contributed by atoms with Gasteiger partial charge in [0.15, 0.2) is 0 Å². The first-order chi connectivity index (χ1) is 10.8. The number of rotatable bonds is 6. The molecule has 0 aromatic carbocycles. The number of nitrogens with one attached hydrogen (secondary N) is 1. The van der Waals surface area contributed by atoms with Gasteiger partial charge in [0.25, 0.3) is 0 Å². The topological polar surface area (TPSA) is 76.2 Å². The summed E-state index contributed by atoms with van der Waals surface area (Å²) in [6, 6.07) is 3.76. The first-order valence-corrected chi connectivity index (χ1v) is 7.77. The minimum absolute atomic E-state index is 0.120. The highest BCUT2D eigenvalue weighted by molar-refractivity contribution is 5.73. The summed E-state index contributed by atoms with van der Waals surface area (Å²) >= 11 is 0. The predicted octanol–water partition coefficient (Wildman–Crippen LogP) is 2.27. The molecule has 2 aromatic rings. The summed E-state index contributed by atoms with van der Waals surface area (Å²) in [5.41, 5.74) is 2.90. The Bertz CT molecular complexity index is 661. The van der Waals surface area contributed by atoms with E-state index in [1.807, 2.05) is 31.5 Å². The zero-order valence-corrected chi connectivity index (χ0v) is 14.5. The number of carbonyl (C=O) groups is 1. The van der Waals surface area contributed by atoms with Crippen molar-refractivity contribution in [3.63, 3.8) is 0 Å². The summed E-state index contributed by atoms with van der Waals surface area (Å²) < 4.78 is 6.98. The maximum atomic E-state index is 12.1. The number of nitrogens with zero attached hydrogens (tertiary/aromatic N) is 4. The highest BCUT2D eigenvalue weighted by Gasteiger charge is 2.13. The molecule has 7 heteroatoms. The van der Waals surface area contributed by atoms with Gasteiger partial charge in [0.05, 0.1) is 12.2 Å². The lowest BCUT2D eigenvalue weighted by Gasteiger charge is -2.19. The molecule has 0 radical (unpaired) electrons. The average Bonchev–Trinajstić information content (AvgIpc) is 3.01. The standard InChI is InChI=1S/C16H25N5O2/c1-11(9-21-13(3)6-12(2)18-21)8-17-16(22)20(5)10-15-7-14(4)23-19-15/h6-7,11H,8-10H2,1-5H3,(H,17,22)/t11-/m1/s1. The SMILES string of the molecule is Cc1cc(C)n(C[C@H](C)CNC(=O)N(C)Cc2cc(C)on2)n1.